The molecule has 0 spiro atoms. The molecule has 0 unspecified atom stereocenters. The minimum Gasteiger partial charge on any atom is -0.488 e. The third-order valence-electron chi connectivity index (χ3n) is 4.10. The fraction of sp³-hybridized carbons (Fsp3) is 0.136. The normalized spacial score (nSPS) is 11.0. The van der Waals surface area contributed by atoms with Gasteiger partial charge in [-0.1, -0.05) is 70.7 Å². The lowest BCUT2D eigenvalue weighted by Gasteiger charge is -2.10. The summed E-state index contributed by atoms with van der Waals surface area (Å²) in [5.41, 5.74) is 6.84. The van der Waals surface area contributed by atoms with Gasteiger partial charge in [0.2, 0.25) is 0 Å². The molecule has 0 aliphatic heterocycles. The maximum absolute atomic E-state index is 6.17. The highest BCUT2D eigenvalue weighted by Gasteiger charge is 2.06. The maximum Gasteiger partial charge on any atom is 0.128 e. The monoisotopic (exact) mass is 432 g/mol. The molecule has 0 aliphatic carbocycles. The summed E-state index contributed by atoms with van der Waals surface area (Å²) in [6.45, 7) is 2.93. The molecular weight excluding hydrogens is 415 g/mol. The number of rotatable bonds is 7. The number of halogens is 3. The van der Waals surface area contributed by atoms with Crippen LogP contribution in [-0.2, 0) is 13.2 Å². The van der Waals surface area contributed by atoms with E-state index >= 15 is 0 Å². The van der Waals surface area contributed by atoms with Gasteiger partial charge < -0.3 is 10.2 Å². The summed E-state index contributed by atoms with van der Waals surface area (Å²) < 4.78 is 5.95. The van der Waals surface area contributed by atoms with Gasteiger partial charge in [-0.15, -0.1) is 0 Å². The van der Waals surface area contributed by atoms with E-state index < -0.39 is 0 Å². The summed E-state index contributed by atoms with van der Waals surface area (Å²) in [5, 5.41) is 6.06. The number of hydrogen-bond donors (Lipinski definition) is 1. The number of benzene rings is 3. The van der Waals surface area contributed by atoms with Crippen molar-refractivity contribution in [1.82, 2.24) is 5.43 Å². The van der Waals surface area contributed by atoms with Crippen LogP contribution in [0.15, 0.2) is 65.8 Å². The summed E-state index contributed by atoms with van der Waals surface area (Å²) in [7, 11) is 0. The van der Waals surface area contributed by atoms with Crippen molar-refractivity contribution in [1.29, 1.82) is 0 Å². The second-order valence-corrected chi connectivity index (χ2v) is 7.50. The molecule has 3 aromatic rings. The lowest BCUT2D eigenvalue weighted by atomic mass is 10.1. The van der Waals surface area contributed by atoms with Crippen LogP contribution in [0.25, 0.3) is 0 Å². The molecule has 3 rings (SSSR count). The molecule has 0 atom stereocenters. The number of hydrogen-bond acceptors (Lipinski definition) is 3. The molecule has 0 fully saturated rings. The highest BCUT2D eigenvalue weighted by atomic mass is 35.5. The number of nitrogens with one attached hydrogen (secondary N) is 1. The van der Waals surface area contributed by atoms with Gasteiger partial charge in [0.15, 0.2) is 0 Å². The Bertz CT molecular complexity index is 952. The average molecular weight is 434 g/mol. The van der Waals surface area contributed by atoms with Crippen LogP contribution in [0.3, 0.4) is 0 Å². The van der Waals surface area contributed by atoms with E-state index in [1.54, 1.807) is 36.5 Å². The van der Waals surface area contributed by atoms with Crippen LogP contribution < -0.4 is 10.2 Å². The summed E-state index contributed by atoms with van der Waals surface area (Å²) in [4.78, 5) is 0. The highest BCUT2D eigenvalue weighted by molar-refractivity contribution is 6.36. The Morgan fingerprint density at radius 3 is 2.39 bits per heavy atom. The van der Waals surface area contributed by atoms with Gasteiger partial charge in [-0.25, -0.2) is 0 Å². The molecule has 0 amide bonds. The molecule has 0 aliphatic rings. The van der Waals surface area contributed by atoms with Gasteiger partial charge in [-0.3, -0.25) is 0 Å². The van der Waals surface area contributed by atoms with E-state index in [4.69, 9.17) is 39.5 Å². The Morgan fingerprint density at radius 1 is 0.964 bits per heavy atom. The van der Waals surface area contributed by atoms with E-state index in [1.165, 1.54) is 5.56 Å². The first-order chi connectivity index (χ1) is 13.5. The first-order valence-corrected chi connectivity index (χ1v) is 9.83. The van der Waals surface area contributed by atoms with Crippen molar-refractivity contribution in [3.63, 3.8) is 0 Å². The third-order valence-corrected chi connectivity index (χ3v) is 5.04. The van der Waals surface area contributed by atoms with Gasteiger partial charge >= 0.3 is 0 Å². The lowest BCUT2D eigenvalue weighted by molar-refractivity contribution is 0.306. The minimum atomic E-state index is 0.412. The van der Waals surface area contributed by atoms with E-state index in [9.17, 15) is 0 Å². The summed E-state index contributed by atoms with van der Waals surface area (Å²) >= 11 is 18.5. The van der Waals surface area contributed by atoms with Crippen LogP contribution in [0, 0.1) is 6.92 Å². The van der Waals surface area contributed by atoms with Gasteiger partial charge in [0.25, 0.3) is 0 Å². The van der Waals surface area contributed by atoms with Gasteiger partial charge in [0.05, 0.1) is 12.8 Å². The molecule has 0 radical (unpaired) electrons. The van der Waals surface area contributed by atoms with Crippen molar-refractivity contribution in [2.75, 3.05) is 0 Å². The van der Waals surface area contributed by atoms with Crippen molar-refractivity contribution in [3.8, 4) is 5.75 Å². The van der Waals surface area contributed by atoms with E-state index in [1.807, 2.05) is 18.2 Å². The van der Waals surface area contributed by atoms with E-state index in [-0.39, 0.29) is 0 Å². The SMILES string of the molecule is Cc1ccc(COc2ccc(Cl)cc2/C=N/NCc2c(Cl)cccc2Cl)cc1. The van der Waals surface area contributed by atoms with Crippen molar-refractivity contribution in [3.05, 3.63) is 98.0 Å². The molecule has 0 bridgehead atoms. The van der Waals surface area contributed by atoms with Crippen molar-refractivity contribution in [2.45, 2.75) is 20.1 Å². The minimum absolute atomic E-state index is 0.412. The molecule has 0 heterocycles. The maximum atomic E-state index is 6.17. The van der Waals surface area contributed by atoms with Crippen LogP contribution in [-0.4, -0.2) is 6.21 Å². The number of aryl methyl sites for hydroxylation is 1. The molecule has 6 heteroatoms. The number of ether oxygens (including phenoxy) is 1. The van der Waals surface area contributed by atoms with Crippen molar-refractivity contribution >= 4 is 41.0 Å². The smallest absolute Gasteiger partial charge is 0.128 e. The van der Waals surface area contributed by atoms with Crippen LogP contribution in [0.2, 0.25) is 15.1 Å². The third kappa shape index (κ3) is 5.65. The van der Waals surface area contributed by atoms with E-state index in [2.05, 4.69) is 29.6 Å². The van der Waals surface area contributed by atoms with Crippen molar-refractivity contribution < 1.29 is 4.74 Å². The zero-order valence-corrected chi connectivity index (χ0v) is 17.5. The van der Waals surface area contributed by atoms with Gasteiger partial charge in [-0.2, -0.15) is 5.10 Å². The molecule has 0 saturated carbocycles. The topological polar surface area (TPSA) is 33.6 Å². The lowest BCUT2D eigenvalue weighted by Crippen LogP contribution is -2.07. The fourth-order valence-electron chi connectivity index (χ4n) is 2.54. The molecule has 144 valence electrons. The number of nitrogens with zero attached hydrogens (tertiary/aromatic N) is 1. The Hall–Kier alpha value is -2.20. The van der Waals surface area contributed by atoms with Crippen molar-refractivity contribution in [2.24, 2.45) is 5.10 Å². The standard InChI is InChI=1S/C22H19Cl3N2O/c1-15-5-7-16(8-6-15)14-28-22-10-9-18(23)11-17(22)12-26-27-13-19-20(24)3-2-4-21(19)25/h2-12,27H,13-14H2,1H3/b26-12+. The van der Waals surface area contributed by atoms with Gasteiger partial charge in [-0.05, 0) is 42.8 Å². The molecule has 0 saturated heterocycles. The van der Waals surface area contributed by atoms with Crippen LogP contribution in [0.4, 0.5) is 0 Å². The second-order valence-electron chi connectivity index (χ2n) is 6.25. The van der Waals surface area contributed by atoms with E-state index in [0.29, 0.717) is 34.0 Å². The fourth-order valence-corrected chi connectivity index (χ4v) is 3.25. The van der Waals surface area contributed by atoms with E-state index in [0.717, 1.165) is 16.7 Å². The molecule has 28 heavy (non-hydrogen) atoms. The van der Waals surface area contributed by atoms with Crippen LogP contribution in [0.1, 0.15) is 22.3 Å². The summed E-state index contributed by atoms with van der Waals surface area (Å²) in [6.07, 6.45) is 1.67. The second kappa shape index (κ2) is 9.83. The Morgan fingerprint density at radius 2 is 1.68 bits per heavy atom. The molecule has 3 aromatic carbocycles. The quantitative estimate of drug-likeness (QED) is 0.334. The van der Waals surface area contributed by atoms with Gasteiger partial charge in [0.1, 0.15) is 12.4 Å². The predicted octanol–water partition coefficient (Wildman–Crippen LogP) is 6.66. The van der Waals surface area contributed by atoms with Crippen LogP contribution in [0.5, 0.6) is 5.75 Å². The largest absolute Gasteiger partial charge is 0.488 e. The molecular formula is C22H19Cl3N2O. The summed E-state index contributed by atoms with van der Waals surface area (Å²) in [5.74, 6) is 0.700. The first kappa shape index (κ1) is 20.5. The van der Waals surface area contributed by atoms with Gasteiger partial charge in [0, 0.05) is 26.2 Å². The van der Waals surface area contributed by atoms with Crippen LogP contribution >= 0.6 is 34.8 Å². The first-order valence-electron chi connectivity index (χ1n) is 8.69. The Balaban J connectivity index is 1.66. The Labute approximate surface area is 179 Å². The molecule has 1 N–H and O–H groups in total. The highest BCUT2D eigenvalue weighted by Crippen LogP contribution is 2.24. The number of hydrazone groups is 1. The Kier molecular flexibility index (Phi) is 7.21. The zero-order chi connectivity index (χ0) is 19.9. The summed E-state index contributed by atoms with van der Waals surface area (Å²) in [6, 6.07) is 19.1. The molecule has 0 aromatic heterocycles. The average Bonchev–Trinajstić information content (AvgIpc) is 2.67. The zero-order valence-electron chi connectivity index (χ0n) is 15.3. The molecule has 3 nitrogen and oxygen atoms in total. The predicted molar refractivity (Wildman–Crippen MR) is 118 cm³/mol.